The smallest absolute Gasteiger partial charge is 0.387 e. The molecule has 2 rings (SSSR count). The number of para-hydroxylation sites is 1. The predicted molar refractivity (Wildman–Crippen MR) is 90.0 cm³/mol. The van der Waals surface area contributed by atoms with Crippen LogP contribution < -0.4 is 15.2 Å². The van der Waals surface area contributed by atoms with Gasteiger partial charge in [-0.25, -0.2) is 0 Å². The maximum absolute atomic E-state index is 12.6. The lowest BCUT2D eigenvalue weighted by Crippen LogP contribution is -2.27. The molecule has 0 spiro atoms. The third kappa shape index (κ3) is 5.44. The average molecular weight is 364 g/mol. The van der Waals surface area contributed by atoms with Gasteiger partial charge in [-0.3, -0.25) is 9.59 Å². The standard InChI is InChI=1S/C18H18F2N2O4/c1-22(10-12-6-8-13(9-7-12)26-18(19)20)17(24)14-4-2-3-5-15(14)25-11-16(21)23/h2-9,18H,10-11H2,1H3,(H2,21,23). The van der Waals surface area contributed by atoms with Crippen LogP contribution in [-0.2, 0) is 11.3 Å². The minimum atomic E-state index is -2.89. The van der Waals surface area contributed by atoms with Crippen LogP contribution in [0.3, 0.4) is 0 Å². The number of carbonyl (C=O) groups is 2. The highest BCUT2D eigenvalue weighted by molar-refractivity contribution is 5.96. The first-order chi connectivity index (χ1) is 12.4. The molecule has 0 radical (unpaired) electrons. The summed E-state index contributed by atoms with van der Waals surface area (Å²) in [4.78, 5) is 24.9. The minimum Gasteiger partial charge on any atom is -0.483 e. The molecule has 0 fully saturated rings. The molecule has 0 aliphatic heterocycles. The van der Waals surface area contributed by atoms with E-state index in [0.29, 0.717) is 0 Å². The number of amides is 2. The molecule has 0 aliphatic rings. The van der Waals surface area contributed by atoms with Crippen molar-refractivity contribution < 1.29 is 27.8 Å². The minimum absolute atomic E-state index is 0.0444. The summed E-state index contributed by atoms with van der Waals surface area (Å²) in [5, 5.41) is 0. The van der Waals surface area contributed by atoms with Crippen LogP contribution in [0.2, 0.25) is 0 Å². The van der Waals surface area contributed by atoms with Gasteiger partial charge in [0.25, 0.3) is 11.8 Å². The number of hydrogen-bond donors (Lipinski definition) is 1. The zero-order valence-electron chi connectivity index (χ0n) is 14.0. The number of halogens is 2. The van der Waals surface area contributed by atoms with Gasteiger partial charge in [-0.15, -0.1) is 0 Å². The molecule has 0 unspecified atom stereocenters. The highest BCUT2D eigenvalue weighted by atomic mass is 19.3. The lowest BCUT2D eigenvalue weighted by atomic mass is 10.1. The Bertz CT molecular complexity index is 766. The number of primary amides is 1. The van der Waals surface area contributed by atoms with Gasteiger partial charge in [-0.1, -0.05) is 24.3 Å². The molecular weight excluding hydrogens is 346 g/mol. The van der Waals surface area contributed by atoms with E-state index in [2.05, 4.69) is 4.74 Å². The molecule has 0 heterocycles. The van der Waals surface area contributed by atoms with Crippen LogP contribution in [0.5, 0.6) is 11.5 Å². The Hall–Kier alpha value is -3.16. The molecule has 0 saturated heterocycles. The Morgan fingerprint density at radius 1 is 1.12 bits per heavy atom. The molecular formula is C18H18F2N2O4. The zero-order chi connectivity index (χ0) is 19.1. The van der Waals surface area contributed by atoms with Gasteiger partial charge in [0.2, 0.25) is 0 Å². The first kappa shape index (κ1) is 19.2. The zero-order valence-corrected chi connectivity index (χ0v) is 14.0. The maximum atomic E-state index is 12.6. The molecule has 2 N–H and O–H groups in total. The summed E-state index contributed by atoms with van der Waals surface area (Å²) in [6.07, 6.45) is 0. The van der Waals surface area contributed by atoms with E-state index < -0.39 is 12.5 Å². The Morgan fingerprint density at radius 2 is 1.77 bits per heavy atom. The molecule has 26 heavy (non-hydrogen) atoms. The van der Waals surface area contributed by atoms with Crippen LogP contribution in [0, 0.1) is 0 Å². The third-order valence-electron chi connectivity index (χ3n) is 3.40. The monoisotopic (exact) mass is 364 g/mol. The maximum Gasteiger partial charge on any atom is 0.387 e. The van der Waals surface area contributed by atoms with Crippen molar-refractivity contribution in [3.8, 4) is 11.5 Å². The van der Waals surface area contributed by atoms with Crippen LogP contribution in [-0.4, -0.2) is 37.0 Å². The quantitative estimate of drug-likeness (QED) is 0.780. The first-order valence-corrected chi connectivity index (χ1v) is 7.66. The number of ether oxygens (including phenoxy) is 2. The van der Waals surface area contributed by atoms with E-state index in [0.717, 1.165) is 5.56 Å². The van der Waals surface area contributed by atoms with Crippen LogP contribution >= 0.6 is 0 Å². The van der Waals surface area contributed by atoms with Crippen molar-refractivity contribution >= 4 is 11.8 Å². The summed E-state index contributed by atoms with van der Waals surface area (Å²) in [6, 6.07) is 12.5. The van der Waals surface area contributed by atoms with Crippen molar-refractivity contribution in [2.75, 3.05) is 13.7 Å². The van der Waals surface area contributed by atoms with E-state index in [4.69, 9.17) is 10.5 Å². The molecule has 0 atom stereocenters. The van der Waals surface area contributed by atoms with Gasteiger partial charge in [-0.05, 0) is 29.8 Å². The van der Waals surface area contributed by atoms with Gasteiger partial charge < -0.3 is 20.1 Å². The Morgan fingerprint density at radius 3 is 2.38 bits per heavy atom. The first-order valence-electron chi connectivity index (χ1n) is 7.66. The van der Waals surface area contributed by atoms with Gasteiger partial charge in [0.1, 0.15) is 11.5 Å². The molecule has 2 aromatic rings. The SMILES string of the molecule is CN(Cc1ccc(OC(F)F)cc1)C(=O)c1ccccc1OCC(N)=O. The number of benzene rings is 2. The summed E-state index contributed by atoms with van der Waals surface area (Å²) in [5.41, 5.74) is 6.07. The van der Waals surface area contributed by atoms with E-state index in [1.807, 2.05) is 0 Å². The number of rotatable bonds is 8. The van der Waals surface area contributed by atoms with Crippen LogP contribution in [0.4, 0.5) is 8.78 Å². The van der Waals surface area contributed by atoms with Gasteiger partial charge in [0.15, 0.2) is 6.61 Å². The van der Waals surface area contributed by atoms with Crippen molar-refractivity contribution in [2.45, 2.75) is 13.2 Å². The molecule has 0 bridgehead atoms. The van der Waals surface area contributed by atoms with Gasteiger partial charge in [-0.2, -0.15) is 8.78 Å². The number of alkyl halides is 2. The summed E-state index contributed by atoms with van der Waals surface area (Å²) < 4.78 is 33.9. The van der Waals surface area contributed by atoms with Gasteiger partial charge in [0.05, 0.1) is 5.56 Å². The fourth-order valence-electron chi connectivity index (χ4n) is 2.25. The van der Waals surface area contributed by atoms with Crippen molar-refractivity contribution in [3.63, 3.8) is 0 Å². The second kappa shape index (κ2) is 8.80. The second-order valence-corrected chi connectivity index (χ2v) is 5.43. The number of hydrogen-bond acceptors (Lipinski definition) is 4. The highest BCUT2D eigenvalue weighted by Crippen LogP contribution is 2.21. The van der Waals surface area contributed by atoms with Crippen molar-refractivity contribution in [2.24, 2.45) is 5.73 Å². The summed E-state index contributed by atoms with van der Waals surface area (Å²) >= 11 is 0. The molecule has 6 nitrogen and oxygen atoms in total. The van der Waals surface area contributed by atoms with Crippen LogP contribution in [0.1, 0.15) is 15.9 Å². The molecule has 2 amide bonds. The Labute approximate surface area is 149 Å². The van der Waals surface area contributed by atoms with Crippen LogP contribution in [0.25, 0.3) is 0 Å². The fourth-order valence-corrected chi connectivity index (χ4v) is 2.25. The topological polar surface area (TPSA) is 81.9 Å². The summed E-state index contributed by atoms with van der Waals surface area (Å²) in [6.45, 7) is -2.97. The van der Waals surface area contributed by atoms with Crippen molar-refractivity contribution in [1.29, 1.82) is 0 Å². The molecule has 8 heteroatoms. The average Bonchev–Trinajstić information content (AvgIpc) is 2.60. The predicted octanol–water partition coefficient (Wildman–Crippen LogP) is 2.42. The van der Waals surface area contributed by atoms with E-state index >= 15 is 0 Å². The second-order valence-electron chi connectivity index (χ2n) is 5.43. The highest BCUT2D eigenvalue weighted by Gasteiger charge is 2.17. The lowest BCUT2D eigenvalue weighted by Gasteiger charge is -2.19. The Kier molecular flexibility index (Phi) is 6.48. The van der Waals surface area contributed by atoms with Gasteiger partial charge in [0, 0.05) is 13.6 Å². The normalized spacial score (nSPS) is 10.5. The van der Waals surface area contributed by atoms with E-state index in [1.54, 1.807) is 43.4 Å². The Balaban J connectivity index is 2.06. The fraction of sp³-hybridized carbons (Fsp3) is 0.222. The number of nitrogens with two attached hydrogens (primary N) is 1. The lowest BCUT2D eigenvalue weighted by molar-refractivity contribution is -0.119. The third-order valence-corrected chi connectivity index (χ3v) is 3.40. The number of nitrogens with zero attached hydrogens (tertiary/aromatic N) is 1. The van der Waals surface area contributed by atoms with Crippen LogP contribution in [0.15, 0.2) is 48.5 Å². The number of carbonyl (C=O) groups excluding carboxylic acids is 2. The largest absolute Gasteiger partial charge is 0.483 e. The molecule has 2 aromatic carbocycles. The van der Waals surface area contributed by atoms with Crippen molar-refractivity contribution in [1.82, 2.24) is 4.90 Å². The summed E-state index contributed by atoms with van der Waals surface area (Å²) in [7, 11) is 1.59. The molecule has 0 saturated carbocycles. The van der Waals surface area contributed by atoms with Crippen molar-refractivity contribution in [3.05, 3.63) is 59.7 Å². The molecule has 0 aliphatic carbocycles. The molecule has 138 valence electrons. The van der Waals surface area contributed by atoms with Gasteiger partial charge >= 0.3 is 6.61 Å². The summed E-state index contributed by atoms with van der Waals surface area (Å²) in [5.74, 6) is -0.670. The van der Waals surface area contributed by atoms with E-state index in [9.17, 15) is 18.4 Å². The van der Waals surface area contributed by atoms with E-state index in [-0.39, 0.29) is 36.1 Å². The molecule has 0 aromatic heterocycles. The van der Waals surface area contributed by atoms with E-state index in [1.165, 1.54) is 17.0 Å².